The first-order valence-corrected chi connectivity index (χ1v) is 14.3. The first-order chi connectivity index (χ1) is 19.3. The molecule has 0 heterocycles. The highest BCUT2D eigenvalue weighted by Crippen LogP contribution is 2.28. The van der Waals surface area contributed by atoms with Crippen LogP contribution in [0.4, 0.5) is 11.4 Å². The van der Waals surface area contributed by atoms with E-state index in [1.165, 1.54) is 17.8 Å². The number of halogens is 2. The van der Waals surface area contributed by atoms with Crippen molar-refractivity contribution in [2.24, 2.45) is 0 Å². The van der Waals surface area contributed by atoms with E-state index < -0.39 is 17.1 Å². The van der Waals surface area contributed by atoms with Crippen LogP contribution in [0.25, 0.3) is 6.08 Å². The molecule has 4 rings (SSSR count). The Hall–Kier alpha value is -3.85. The second-order valence-corrected chi connectivity index (χ2v) is 11.3. The van der Waals surface area contributed by atoms with Gasteiger partial charge in [-0.2, -0.15) is 0 Å². The molecule has 202 valence electrons. The SMILES string of the molecule is CC(Sc1cccc(NC(=O)/C(=C\c2ccccc2Cl)NC(=O)c2ccccc2)c1)C(=O)Nc1ccccc1Br. The monoisotopic (exact) mass is 633 g/mol. The van der Waals surface area contributed by atoms with E-state index in [1.54, 1.807) is 72.8 Å². The van der Waals surface area contributed by atoms with Crippen LogP contribution in [0, 0.1) is 0 Å². The molecule has 0 aliphatic rings. The lowest BCUT2D eigenvalue weighted by molar-refractivity contribution is -0.115. The van der Waals surface area contributed by atoms with Crippen LogP contribution in [0.15, 0.2) is 118 Å². The molecule has 40 heavy (non-hydrogen) atoms. The molecule has 0 radical (unpaired) electrons. The van der Waals surface area contributed by atoms with Crippen LogP contribution < -0.4 is 16.0 Å². The number of hydrogen-bond donors (Lipinski definition) is 3. The van der Waals surface area contributed by atoms with E-state index in [0.717, 1.165) is 9.37 Å². The van der Waals surface area contributed by atoms with E-state index in [-0.39, 0.29) is 11.6 Å². The molecule has 0 aliphatic heterocycles. The van der Waals surface area contributed by atoms with Gasteiger partial charge in [-0.15, -0.1) is 11.8 Å². The zero-order valence-corrected chi connectivity index (χ0v) is 24.5. The molecule has 4 aromatic rings. The number of nitrogens with one attached hydrogen (secondary N) is 3. The molecule has 0 aromatic heterocycles. The van der Waals surface area contributed by atoms with Crippen LogP contribution in [0.3, 0.4) is 0 Å². The van der Waals surface area contributed by atoms with Crippen molar-refractivity contribution in [1.82, 2.24) is 5.32 Å². The van der Waals surface area contributed by atoms with E-state index in [2.05, 4.69) is 31.9 Å². The Morgan fingerprint density at radius 3 is 2.30 bits per heavy atom. The summed E-state index contributed by atoms with van der Waals surface area (Å²) in [6, 6.07) is 30.2. The highest BCUT2D eigenvalue weighted by molar-refractivity contribution is 9.10. The molecule has 6 nitrogen and oxygen atoms in total. The lowest BCUT2D eigenvalue weighted by atomic mass is 10.1. The maximum absolute atomic E-state index is 13.4. The van der Waals surface area contributed by atoms with Crippen molar-refractivity contribution < 1.29 is 14.4 Å². The van der Waals surface area contributed by atoms with Gasteiger partial charge in [-0.05, 0) is 83.0 Å². The number of hydrogen-bond acceptors (Lipinski definition) is 4. The zero-order valence-electron chi connectivity index (χ0n) is 21.4. The van der Waals surface area contributed by atoms with Gasteiger partial charge in [0.2, 0.25) is 5.91 Å². The van der Waals surface area contributed by atoms with E-state index in [0.29, 0.717) is 27.5 Å². The fraction of sp³-hybridized carbons (Fsp3) is 0.0645. The zero-order chi connectivity index (χ0) is 28.5. The van der Waals surface area contributed by atoms with Gasteiger partial charge < -0.3 is 16.0 Å². The number of carbonyl (C=O) groups excluding carboxylic acids is 3. The third-order valence-corrected chi connectivity index (χ3v) is 7.77. The van der Waals surface area contributed by atoms with Crippen LogP contribution in [0.5, 0.6) is 0 Å². The predicted molar refractivity (Wildman–Crippen MR) is 166 cm³/mol. The summed E-state index contributed by atoms with van der Waals surface area (Å²) in [7, 11) is 0. The quantitative estimate of drug-likeness (QED) is 0.131. The van der Waals surface area contributed by atoms with E-state index in [4.69, 9.17) is 11.6 Å². The van der Waals surface area contributed by atoms with E-state index in [9.17, 15) is 14.4 Å². The van der Waals surface area contributed by atoms with Crippen LogP contribution in [-0.4, -0.2) is 23.0 Å². The van der Waals surface area contributed by atoms with Crippen molar-refractivity contribution in [2.75, 3.05) is 10.6 Å². The summed E-state index contributed by atoms with van der Waals surface area (Å²) in [5, 5.41) is 8.50. The number of para-hydroxylation sites is 1. The van der Waals surface area contributed by atoms with E-state index in [1.807, 2.05) is 37.3 Å². The van der Waals surface area contributed by atoms with Gasteiger partial charge in [0.25, 0.3) is 11.8 Å². The van der Waals surface area contributed by atoms with Gasteiger partial charge in [0.15, 0.2) is 0 Å². The number of carbonyl (C=O) groups is 3. The van der Waals surface area contributed by atoms with Crippen LogP contribution in [0.2, 0.25) is 5.02 Å². The molecule has 1 unspecified atom stereocenters. The van der Waals surface area contributed by atoms with Crippen LogP contribution in [-0.2, 0) is 9.59 Å². The smallest absolute Gasteiger partial charge is 0.272 e. The maximum atomic E-state index is 13.4. The third-order valence-electron chi connectivity index (χ3n) is 5.64. The number of amides is 3. The Bertz CT molecular complexity index is 1560. The van der Waals surface area contributed by atoms with Gasteiger partial charge in [0.05, 0.1) is 10.9 Å². The van der Waals surface area contributed by atoms with Gasteiger partial charge in [0, 0.05) is 25.6 Å². The molecule has 0 fully saturated rings. The fourth-order valence-corrected chi connectivity index (χ4v) is 5.09. The van der Waals surface area contributed by atoms with Gasteiger partial charge in [-0.3, -0.25) is 14.4 Å². The Balaban J connectivity index is 1.49. The van der Waals surface area contributed by atoms with Gasteiger partial charge in [-0.25, -0.2) is 0 Å². The third kappa shape index (κ3) is 8.08. The fourth-order valence-electron chi connectivity index (χ4n) is 3.59. The summed E-state index contributed by atoms with van der Waals surface area (Å²) in [4.78, 5) is 39.8. The summed E-state index contributed by atoms with van der Waals surface area (Å²) in [5.41, 5.74) is 2.22. The largest absolute Gasteiger partial charge is 0.324 e. The minimum absolute atomic E-state index is 0.0289. The summed E-state index contributed by atoms with van der Waals surface area (Å²) in [6.07, 6.45) is 1.53. The molecule has 4 aromatic carbocycles. The van der Waals surface area contributed by atoms with Gasteiger partial charge in [-0.1, -0.05) is 66.2 Å². The lowest BCUT2D eigenvalue weighted by Crippen LogP contribution is -2.30. The number of anilines is 2. The number of rotatable bonds is 9. The molecule has 0 aliphatic carbocycles. The standard InChI is InChI=1S/C31H25BrClN3O3S/c1-20(29(37)35-27-17-8-6-15-25(27)32)40-24-14-9-13-23(19-24)34-31(39)28(18-22-12-5-7-16-26(22)33)36-30(38)21-10-3-2-4-11-21/h2-20H,1H3,(H,34,39)(H,35,37)(H,36,38)/b28-18+. The number of benzene rings is 4. The van der Waals surface area contributed by atoms with Gasteiger partial charge in [0.1, 0.15) is 5.70 Å². The van der Waals surface area contributed by atoms with Crippen molar-refractivity contribution in [1.29, 1.82) is 0 Å². The maximum Gasteiger partial charge on any atom is 0.272 e. The molecule has 0 saturated carbocycles. The van der Waals surface area contributed by atoms with Gasteiger partial charge >= 0.3 is 0 Å². The highest BCUT2D eigenvalue weighted by Gasteiger charge is 2.18. The molecule has 3 N–H and O–H groups in total. The highest BCUT2D eigenvalue weighted by atomic mass is 79.9. The first-order valence-electron chi connectivity index (χ1n) is 12.3. The Kier molecular flexibility index (Phi) is 10.2. The van der Waals surface area contributed by atoms with Crippen LogP contribution in [0.1, 0.15) is 22.8 Å². The first kappa shape index (κ1) is 29.1. The Morgan fingerprint density at radius 2 is 1.55 bits per heavy atom. The summed E-state index contributed by atoms with van der Waals surface area (Å²) < 4.78 is 0.797. The molecule has 0 saturated heterocycles. The second-order valence-electron chi connectivity index (χ2n) is 8.61. The number of thioether (sulfide) groups is 1. The van der Waals surface area contributed by atoms with Crippen LogP contribution >= 0.6 is 39.3 Å². The molecule has 9 heteroatoms. The van der Waals surface area contributed by atoms with Crippen molar-refractivity contribution in [3.8, 4) is 0 Å². The van der Waals surface area contributed by atoms with Crippen molar-refractivity contribution in [3.63, 3.8) is 0 Å². The predicted octanol–water partition coefficient (Wildman–Crippen LogP) is 7.63. The minimum atomic E-state index is -0.522. The lowest BCUT2D eigenvalue weighted by Gasteiger charge is -2.15. The summed E-state index contributed by atoms with van der Waals surface area (Å²) in [5.74, 6) is -1.10. The molecular weight excluding hydrogens is 610 g/mol. The Labute approximate surface area is 250 Å². The Morgan fingerprint density at radius 1 is 0.850 bits per heavy atom. The molecule has 3 amide bonds. The second kappa shape index (κ2) is 14.0. The minimum Gasteiger partial charge on any atom is -0.324 e. The van der Waals surface area contributed by atoms with Crippen molar-refractivity contribution >= 4 is 74.5 Å². The molecule has 0 spiro atoms. The molecular formula is C31H25BrClN3O3S. The average molecular weight is 635 g/mol. The summed E-state index contributed by atoms with van der Waals surface area (Å²) >= 11 is 11.1. The average Bonchev–Trinajstić information content (AvgIpc) is 2.95. The van der Waals surface area contributed by atoms with E-state index >= 15 is 0 Å². The van der Waals surface area contributed by atoms with Crippen molar-refractivity contribution in [3.05, 3.63) is 129 Å². The molecule has 1 atom stereocenters. The summed E-state index contributed by atoms with van der Waals surface area (Å²) in [6.45, 7) is 1.81. The molecule has 0 bridgehead atoms. The normalized spacial score (nSPS) is 11.8. The topological polar surface area (TPSA) is 87.3 Å². The van der Waals surface area contributed by atoms with Crippen molar-refractivity contribution in [2.45, 2.75) is 17.1 Å².